The molecule has 1 aliphatic carbocycles. The summed E-state index contributed by atoms with van der Waals surface area (Å²) < 4.78 is 10.6. The highest BCUT2D eigenvalue weighted by Crippen LogP contribution is 2.42. The number of fused-ring (bicyclic) bond motifs is 1. The fraction of sp³-hybridized carbons (Fsp3) is 0.545. The summed E-state index contributed by atoms with van der Waals surface area (Å²) in [7, 11) is 1.55. The molecule has 1 amide bonds. The number of carbonyl (C=O) groups is 2. The highest BCUT2D eigenvalue weighted by atomic mass is 16.5. The summed E-state index contributed by atoms with van der Waals surface area (Å²) in [6.45, 7) is 4.00. The third kappa shape index (κ3) is 4.16. The number of allylic oxidation sites excluding steroid dienone is 2. The van der Waals surface area contributed by atoms with Crippen LogP contribution < -0.4 is 10.1 Å². The number of hydrogen-bond acceptors (Lipinski definition) is 5. The van der Waals surface area contributed by atoms with Crippen molar-refractivity contribution in [3.63, 3.8) is 0 Å². The van der Waals surface area contributed by atoms with E-state index in [1.54, 1.807) is 7.11 Å². The Hall–Kier alpha value is -2.50. The maximum Gasteiger partial charge on any atom is 0.342 e. The Morgan fingerprint density at radius 1 is 1.32 bits per heavy atom. The summed E-state index contributed by atoms with van der Waals surface area (Å²) >= 11 is 0. The second kappa shape index (κ2) is 8.67. The Bertz CT molecular complexity index is 806. The van der Waals surface area contributed by atoms with E-state index in [9.17, 15) is 14.7 Å². The van der Waals surface area contributed by atoms with Gasteiger partial charge in [-0.15, -0.1) is 0 Å². The maximum atomic E-state index is 12.1. The van der Waals surface area contributed by atoms with E-state index < -0.39 is 5.97 Å². The van der Waals surface area contributed by atoms with E-state index in [0.717, 1.165) is 24.0 Å². The normalized spacial score (nSPS) is 16.8. The van der Waals surface area contributed by atoms with Crippen LogP contribution in [-0.4, -0.2) is 30.1 Å². The number of amides is 1. The minimum atomic E-state index is -0.496. The Labute approximate surface area is 165 Å². The van der Waals surface area contributed by atoms with Gasteiger partial charge in [0.1, 0.15) is 23.7 Å². The van der Waals surface area contributed by atoms with Gasteiger partial charge in [0.25, 0.3) is 0 Å². The lowest BCUT2D eigenvalue weighted by Gasteiger charge is -2.16. The monoisotopic (exact) mass is 387 g/mol. The summed E-state index contributed by atoms with van der Waals surface area (Å²) in [5.41, 5.74) is 3.39. The zero-order valence-corrected chi connectivity index (χ0v) is 16.9. The van der Waals surface area contributed by atoms with Gasteiger partial charge in [0.15, 0.2) is 0 Å². The highest BCUT2D eigenvalue weighted by molar-refractivity contribution is 5.98. The molecule has 1 aromatic carbocycles. The number of benzene rings is 1. The van der Waals surface area contributed by atoms with Gasteiger partial charge in [-0.05, 0) is 45.1 Å². The molecule has 0 saturated heterocycles. The number of ether oxygens (including phenoxy) is 2. The van der Waals surface area contributed by atoms with E-state index in [0.29, 0.717) is 42.2 Å². The van der Waals surface area contributed by atoms with Crippen LogP contribution in [0.1, 0.15) is 72.5 Å². The number of hydrogen-bond donors (Lipinski definition) is 2. The van der Waals surface area contributed by atoms with E-state index in [-0.39, 0.29) is 23.8 Å². The molecule has 152 valence electrons. The van der Waals surface area contributed by atoms with Crippen LogP contribution in [0.3, 0.4) is 0 Å². The molecule has 0 atom stereocenters. The van der Waals surface area contributed by atoms with Crippen molar-refractivity contribution in [3.8, 4) is 11.5 Å². The molecule has 1 aromatic rings. The summed E-state index contributed by atoms with van der Waals surface area (Å²) in [6.07, 6.45) is 8.08. The maximum absolute atomic E-state index is 12.1. The van der Waals surface area contributed by atoms with Crippen LogP contribution in [0, 0.1) is 6.92 Å². The minimum Gasteiger partial charge on any atom is -0.507 e. The van der Waals surface area contributed by atoms with E-state index in [4.69, 9.17) is 9.47 Å². The molecule has 0 spiro atoms. The predicted octanol–water partition coefficient (Wildman–Crippen LogP) is 3.71. The Kier molecular flexibility index (Phi) is 6.27. The molecule has 6 nitrogen and oxygen atoms in total. The number of phenols is 1. The van der Waals surface area contributed by atoms with Crippen LogP contribution >= 0.6 is 0 Å². The van der Waals surface area contributed by atoms with Crippen LogP contribution in [-0.2, 0) is 22.6 Å². The molecule has 0 bridgehead atoms. The van der Waals surface area contributed by atoms with Gasteiger partial charge in [-0.1, -0.05) is 24.5 Å². The fourth-order valence-electron chi connectivity index (χ4n) is 4.09. The number of cyclic esters (lactones) is 1. The Balaban J connectivity index is 1.67. The largest absolute Gasteiger partial charge is 0.507 e. The second-order valence-electron chi connectivity index (χ2n) is 7.72. The van der Waals surface area contributed by atoms with E-state index in [1.807, 2.05) is 19.9 Å². The molecular weight excluding hydrogens is 358 g/mol. The quantitative estimate of drug-likeness (QED) is 0.550. The Morgan fingerprint density at radius 3 is 2.71 bits per heavy atom. The zero-order chi connectivity index (χ0) is 20.3. The van der Waals surface area contributed by atoms with E-state index in [2.05, 4.69) is 5.32 Å². The molecule has 2 N–H and O–H groups in total. The molecule has 3 rings (SSSR count). The third-order valence-electron chi connectivity index (χ3n) is 5.77. The molecule has 0 radical (unpaired) electrons. The summed E-state index contributed by atoms with van der Waals surface area (Å²) in [4.78, 5) is 24.1. The van der Waals surface area contributed by atoms with Crippen molar-refractivity contribution < 1.29 is 24.2 Å². The first kappa shape index (κ1) is 20.2. The zero-order valence-electron chi connectivity index (χ0n) is 16.9. The Morgan fingerprint density at radius 2 is 2.04 bits per heavy atom. The molecule has 0 aromatic heterocycles. The third-order valence-corrected chi connectivity index (χ3v) is 5.77. The molecule has 1 aliphatic heterocycles. The molecule has 0 unspecified atom stereocenters. The van der Waals surface area contributed by atoms with Crippen molar-refractivity contribution in [1.29, 1.82) is 0 Å². The van der Waals surface area contributed by atoms with E-state index in [1.165, 1.54) is 12.8 Å². The average molecular weight is 387 g/mol. The van der Waals surface area contributed by atoms with Crippen LogP contribution in [0.15, 0.2) is 11.6 Å². The highest BCUT2D eigenvalue weighted by Gasteiger charge is 2.31. The number of carbonyl (C=O) groups excluding carboxylic acids is 2. The molecule has 28 heavy (non-hydrogen) atoms. The van der Waals surface area contributed by atoms with Gasteiger partial charge >= 0.3 is 5.97 Å². The second-order valence-corrected chi connectivity index (χ2v) is 7.72. The average Bonchev–Trinajstić information content (AvgIpc) is 3.31. The van der Waals surface area contributed by atoms with Gasteiger partial charge < -0.3 is 19.9 Å². The first-order valence-electron chi connectivity index (χ1n) is 9.95. The van der Waals surface area contributed by atoms with Crippen molar-refractivity contribution in [2.24, 2.45) is 0 Å². The summed E-state index contributed by atoms with van der Waals surface area (Å²) in [6, 6.07) is 0.340. The first-order chi connectivity index (χ1) is 13.4. The van der Waals surface area contributed by atoms with Crippen LogP contribution in [0.4, 0.5) is 0 Å². The van der Waals surface area contributed by atoms with Crippen molar-refractivity contribution in [1.82, 2.24) is 5.32 Å². The molecule has 6 heteroatoms. The molecule has 1 saturated carbocycles. The van der Waals surface area contributed by atoms with Crippen molar-refractivity contribution in [2.75, 3.05) is 7.11 Å². The van der Waals surface area contributed by atoms with Crippen molar-refractivity contribution in [2.45, 2.75) is 71.4 Å². The van der Waals surface area contributed by atoms with Gasteiger partial charge in [0, 0.05) is 23.6 Å². The molecular formula is C22H29NO5. The standard InChI is InChI=1S/C22H29NO5/c1-13(9-11-18(24)23-15-6-4-5-7-15)8-10-16-20(25)19-17(12-28-22(19)26)14(2)21(16)27-3/h8,15,25H,4-7,9-12H2,1-3H3,(H,23,24). The van der Waals surface area contributed by atoms with Gasteiger partial charge in [0.05, 0.1) is 7.11 Å². The summed E-state index contributed by atoms with van der Waals surface area (Å²) in [5.74, 6) is 0.112. The SMILES string of the molecule is COc1c(C)c2c(c(O)c1CC=C(C)CCC(=O)NC1CCCC1)C(=O)OC2. The first-order valence-corrected chi connectivity index (χ1v) is 9.95. The lowest BCUT2D eigenvalue weighted by Crippen LogP contribution is -2.32. The topological polar surface area (TPSA) is 84.9 Å². The van der Waals surface area contributed by atoms with Crippen LogP contribution in [0.2, 0.25) is 0 Å². The molecule has 2 aliphatic rings. The van der Waals surface area contributed by atoms with E-state index >= 15 is 0 Å². The number of methoxy groups -OCH3 is 1. The van der Waals surface area contributed by atoms with Gasteiger partial charge in [-0.2, -0.15) is 0 Å². The predicted molar refractivity (Wildman–Crippen MR) is 106 cm³/mol. The number of rotatable bonds is 7. The number of phenolic OH excluding ortho intramolecular Hbond substituents is 1. The van der Waals surface area contributed by atoms with Crippen molar-refractivity contribution >= 4 is 11.9 Å². The number of aromatic hydroxyl groups is 1. The minimum absolute atomic E-state index is 0.0667. The molecule has 1 fully saturated rings. The fourth-order valence-corrected chi connectivity index (χ4v) is 4.09. The van der Waals surface area contributed by atoms with Crippen molar-refractivity contribution in [3.05, 3.63) is 33.9 Å². The number of nitrogens with one attached hydrogen (secondary N) is 1. The van der Waals surface area contributed by atoms with Gasteiger partial charge in [-0.25, -0.2) is 4.79 Å². The summed E-state index contributed by atoms with van der Waals surface area (Å²) in [5, 5.41) is 13.7. The van der Waals surface area contributed by atoms with Gasteiger partial charge in [0.2, 0.25) is 5.91 Å². The lowest BCUT2D eigenvalue weighted by atomic mass is 9.94. The van der Waals surface area contributed by atoms with Gasteiger partial charge in [-0.3, -0.25) is 4.79 Å². The van der Waals surface area contributed by atoms with Crippen LogP contribution in [0.25, 0.3) is 0 Å². The van der Waals surface area contributed by atoms with Crippen LogP contribution in [0.5, 0.6) is 11.5 Å². The number of esters is 1. The smallest absolute Gasteiger partial charge is 0.342 e. The lowest BCUT2D eigenvalue weighted by molar-refractivity contribution is -0.121. The molecule has 1 heterocycles.